The molecule has 0 unspecified atom stereocenters. The standard InChI is InChI=1S/C8H18O6P2/c1-2-3-8(4-6-15(9,10)11)5-7-16(12,13)14/h3H,2,4-7H2,1H3,(H2,9,10,11)(H2,12,13,14). The normalized spacial score (nSPS) is 12.6. The molecule has 0 heterocycles. The highest BCUT2D eigenvalue weighted by Crippen LogP contribution is 2.39. The van der Waals surface area contributed by atoms with Crippen molar-refractivity contribution in [2.45, 2.75) is 26.2 Å². The average Bonchev–Trinajstić information content (AvgIpc) is 2.07. The van der Waals surface area contributed by atoms with E-state index in [9.17, 15) is 9.13 Å². The van der Waals surface area contributed by atoms with Crippen LogP contribution in [0.4, 0.5) is 0 Å². The zero-order chi connectivity index (χ0) is 12.8. The molecule has 0 saturated carbocycles. The fourth-order valence-electron chi connectivity index (χ4n) is 1.20. The summed E-state index contributed by atoms with van der Waals surface area (Å²) in [6, 6.07) is 0. The number of hydrogen-bond acceptors (Lipinski definition) is 2. The van der Waals surface area contributed by atoms with Crippen molar-refractivity contribution in [1.29, 1.82) is 0 Å². The summed E-state index contributed by atoms with van der Waals surface area (Å²) >= 11 is 0. The minimum Gasteiger partial charge on any atom is -0.324 e. The van der Waals surface area contributed by atoms with Crippen molar-refractivity contribution >= 4 is 15.2 Å². The molecule has 0 spiro atoms. The van der Waals surface area contributed by atoms with E-state index >= 15 is 0 Å². The molecular formula is C8H18O6P2. The van der Waals surface area contributed by atoms with Crippen LogP contribution in [0, 0.1) is 0 Å². The maximum absolute atomic E-state index is 10.7. The summed E-state index contributed by atoms with van der Waals surface area (Å²) in [5.41, 5.74) is 0.689. The van der Waals surface area contributed by atoms with E-state index in [0.29, 0.717) is 12.0 Å². The van der Waals surface area contributed by atoms with Crippen LogP contribution in [0.15, 0.2) is 11.6 Å². The molecule has 0 aromatic rings. The summed E-state index contributed by atoms with van der Waals surface area (Å²) in [5, 5.41) is 0. The van der Waals surface area contributed by atoms with Gasteiger partial charge in [0.1, 0.15) is 0 Å². The highest BCUT2D eigenvalue weighted by molar-refractivity contribution is 7.52. The summed E-state index contributed by atoms with van der Waals surface area (Å²) < 4.78 is 21.3. The van der Waals surface area contributed by atoms with Gasteiger partial charge in [-0.2, -0.15) is 0 Å². The maximum atomic E-state index is 10.7. The summed E-state index contributed by atoms with van der Waals surface area (Å²) in [5.74, 6) is 0. The second-order valence-electron chi connectivity index (χ2n) is 3.55. The molecule has 0 radical (unpaired) electrons. The van der Waals surface area contributed by atoms with Gasteiger partial charge in [-0.25, -0.2) is 0 Å². The van der Waals surface area contributed by atoms with Gasteiger partial charge in [0.05, 0.1) is 12.3 Å². The second kappa shape index (κ2) is 6.70. The summed E-state index contributed by atoms with van der Waals surface area (Å²) in [4.78, 5) is 34.8. The van der Waals surface area contributed by atoms with Crippen molar-refractivity contribution in [2.24, 2.45) is 0 Å². The van der Waals surface area contributed by atoms with Gasteiger partial charge in [0.25, 0.3) is 0 Å². The van der Waals surface area contributed by atoms with Crippen LogP contribution in [0.25, 0.3) is 0 Å². The van der Waals surface area contributed by atoms with E-state index in [1.54, 1.807) is 6.08 Å². The minimum atomic E-state index is -4.04. The Labute approximate surface area is 94.7 Å². The Morgan fingerprint density at radius 2 is 1.38 bits per heavy atom. The van der Waals surface area contributed by atoms with E-state index in [-0.39, 0.29) is 25.2 Å². The molecule has 96 valence electrons. The summed E-state index contributed by atoms with van der Waals surface area (Å²) in [6.45, 7) is 1.86. The van der Waals surface area contributed by atoms with Gasteiger partial charge < -0.3 is 19.6 Å². The molecule has 0 amide bonds. The molecule has 0 aliphatic rings. The lowest BCUT2D eigenvalue weighted by atomic mass is 10.1. The van der Waals surface area contributed by atoms with Gasteiger partial charge in [0, 0.05) is 0 Å². The number of hydrogen-bond donors (Lipinski definition) is 4. The summed E-state index contributed by atoms with van der Waals surface area (Å²) in [6.07, 6.45) is 2.24. The molecule has 4 N–H and O–H groups in total. The topological polar surface area (TPSA) is 115 Å². The van der Waals surface area contributed by atoms with Crippen LogP contribution in [-0.2, 0) is 9.13 Å². The van der Waals surface area contributed by atoms with Gasteiger partial charge in [-0.3, -0.25) is 9.13 Å². The van der Waals surface area contributed by atoms with Gasteiger partial charge in [-0.1, -0.05) is 18.6 Å². The molecule has 16 heavy (non-hydrogen) atoms. The molecule has 0 rings (SSSR count). The van der Waals surface area contributed by atoms with Gasteiger partial charge >= 0.3 is 15.2 Å². The summed E-state index contributed by atoms with van der Waals surface area (Å²) in [7, 11) is -8.08. The maximum Gasteiger partial charge on any atom is 0.325 e. The highest BCUT2D eigenvalue weighted by Gasteiger charge is 2.17. The van der Waals surface area contributed by atoms with Crippen LogP contribution in [0.2, 0.25) is 0 Å². The fourth-order valence-corrected chi connectivity index (χ4v) is 2.35. The first kappa shape index (κ1) is 16.0. The monoisotopic (exact) mass is 272 g/mol. The Bertz CT molecular complexity index is 297. The van der Waals surface area contributed by atoms with Crippen molar-refractivity contribution in [1.82, 2.24) is 0 Å². The van der Waals surface area contributed by atoms with Crippen LogP contribution < -0.4 is 0 Å². The molecule has 6 nitrogen and oxygen atoms in total. The van der Waals surface area contributed by atoms with E-state index < -0.39 is 15.2 Å². The van der Waals surface area contributed by atoms with Gasteiger partial charge in [-0.15, -0.1) is 0 Å². The quantitative estimate of drug-likeness (QED) is 0.412. The highest BCUT2D eigenvalue weighted by atomic mass is 31.2. The first-order valence-electron chi connectivity index (χ1n) is 4.91. The Balaban J connectivity index is 4.26. The molecule has 0 atom stereocenters. The molecule has 0 saturated heterocycles. The lowest BCUT2D eigenvalue weighted by molar-refractivity contribution is 0.372. The Kier molecular flexibility index (Phi) is 6.71. The Hall–Kier alpha value is 0.0400. The molecule has 0 fully saturated rings. The third-order valence-corrected chi connectivity index (χ3v) is 3.55. The molecule has 0 bridgehead atoms. The van der Waals surface area contributed by atoms with Crippen molar-refractivity contribution in [3.63, 3.8) is 0 Å². The average molecular weight is 272 g/mol. The first-order chi connectivity index (χ1) is 7.14. The number of allylic oxidation sites excluding steroid dienone is 2. The van der Waals surface area contributed by atoms with Gasteiger partial charge in [0.15, 0.2) is 0 Å². The van der Waals surface area contributed by atoms with Crippen LogP contribution in [0.3, 0.4) is 0 Å². The largest absolute Gasteiger partial charge is 0.325 e. The van der Waals surface area contributed by atoms with Crippen LogP contribution in [0.5, 0.6) is 0 Å². The van der Waals surface area contributed by atoms with E-state index in [2.05, 4.69) is 0 Å². The lowest BCUT2D eigenvalue weighted by Gasteiger charge is -2.09. The zero-order valence-corrected chi connectivity index (χ0v) is 10.9. The fraction of sp³-hybridized carbons (Fsp3) is 0.750. The second-order valence-corrected chi connectivity index (χ2v) is 7.10. The van der Waals surface area contributed by atoms with E-state index in [1.807, 2.05) is 6.92 Å². The minimum absolute atomic E-state index is 0.179. The first-order valence-corrected chi connectivity index (χ1v) is 8.50. The van der Waals surface area contributed by atoms with Crippen molar-refractivity contribution in [3.8, 4) is 0 Å². The molecule has 0 aromatic heterocycles. The van der Waals surface area contributed by atoms with E-state index in [0.717, 1.165) is 0 Å². The smallest absolute Gasteiger partial charge is 0.324 e. The molecular weight excluding hydrogens is 254 g/mol. The van der Waals surface area contributed by atoms with E-state index in [1.165, 1.54) is 0 Å². The Morgan fingerprint density at radius 1 is 1.00 bits per heavy atom. The molecule has 8 heteroatoms. The van der Waals surface area contributed by atoms with Crippen molar-refractivity contribution in [2.75, 3.05) is 12.3 Å². The van der Waals surface area contributed by atoms with Gasteiger partial charge in [-0.05, 0) is 19.3 Å². The van der Waals surface area contributed by atoms with Crippen LogP contribution >= 0.6 is 15.2 Å². The molecule has 0 aliphatic carbocycles. The third kappa shape index (κ3) is 10.6. The number of rotatable bonds is 7. The van der Waals surface area contributed by atoms with Gasteiger partial charge in [0.2, 0.25) is 0 Å². The Morgan fingerprint density at radius 3 is 1.62 bits per heavy atom. The van der Waals surface area contributed by atoms with Crippen LogP contribution in [-0.4, -0.2) is 31.9 Å². The third-order valence-electron chi connectivity index (χ3n) is 1.94. The van der Waals surface area contributed by atoms with Crippen molar-refractivity contribution in [3.05, 3.63) is 11.6 Å². The van der Waals surface area contributed by atoms with E-state index in [4.69, 9.17) is 19.6 Å². The molecule has 0 aromatic carbocycles. The van der Waals surface area contributed by atoms with Crippen LogP contribution in [0.1, 0.15) is 26.2 Å². The predicted molar refractivity (Wildman–Crippen MR) is 61.4 cm³/mol. The lowest BCUT2D eigenvalue weighted by Crippen LogP contribution is -1.96. The zero-order valence-electron chi connectivity index (χ0n) is 9.11. The molecule has 0 aliphatic heterocycles. The predicted octanol–water partition coefficient (Wildman–Crippen LogP) is 1.46. The van der Waals surface area contributed by atoms with Crippen molar-refractivity contribution < 1.29 is 28.7 Å². The SMILES string of the molecule is CCC=C(CCP(=O)(O)O)CCP(=O)(O)O.